The standard InChI is InChI=1S/C16H24N2O2/c1-3-20-16(19)13-7-6-8-14(11-13)18-12(2)15-9-4-5-10-17-15/h4-5,9-10,12-14,18H,3,6-8,11H2,1-2H3. The number of carbonyl (C=O) groups excluding carboxylic acids is 1. The highest BCUT2D eigenvalue weighted by atomic mass is 16.5. The molecule has 1 aliphatic rings. The minimum atomic E-state index is -0.0375. The van der Waals surface area contributed by atoms with Crippen molar-refractivity contribution in [2.75, 3.05) is 6.61 Å². The number of nitrogens with one attached hydrogen (secondary N) is 1. The third-order valence-electron chi connectivity index (χ3n) is 3.91. The Labute approximate surface area is 120 Å². The number of carbonyl (C=O) groups is 1. The van der Waals surface area contributed by atoms with E-state index >= 15 is 0 Å². The molecule has 3 unspecified atom stereocenters. The molecule has 4 nitrogen and oxygen atoms in total. The molecule has 1 saturated carbocycles. The second-order valence-electron chi connectivity index (χ2n) is 5.46. The Balaban J connectivity index is 1.88. The first-order valence-electron chi connectivity index (χ1n) is 7.54. The van der Waals surface area contributed by atoms with Crippen LogP contribution in [-0.4, -0.2) is 23.6 Å². The van der Waals surface area contributed by atoms with E-state index in [0.717, 1.165) is 31.4 Å². The molecule has 0 spiro atoms. The maximum atomic E-state index is 11.8. The Bertz CT molecular complexity index is 422. The third kappa shape index (κ3) is 4.04. The van der Waals surface area contributed by atoms with Crippen LogP contribution in [0.15, 0.2) is 24.4 Å². The normalized spacial score (nSPS) is 24.1. The molecule has 0 saturated heterocycles. The monoisotopic (exact) mass is 276 g/mol. The van der Waals surface area contributed by atoms with Gasteiger partial charge in [-0.2, -0.15) is 0 Å². The fraction of sp³-hybridized carbons (Fsp3) is 0.625. The smallest absolute Gasteiger partial charge is 0.308 e. The molecule has 20 heavy (non-hydrogen) atoms. The Morgan fingerprint density at radius 1 is 1.50 bits per heavy atom. The molecule has 0 aromatic carbocycles. The first-order valence-corrected chi connectivity index (χ1v) is 7.54. The van der Waals surface area contributed by atoms with Crippen LogP contribution in [0, 0.1) is 5.92 Å². The summed E-state index contributed by atoms with van der Waals surface area (Å²) in [5.41, 5.74) is 1.05. The van der Waals surface area contributed by atoms with Crippen molar-refractivity contribution in [2.45, 2.75) is 51.6 Å². The highest BCUT2D eigenvalue weighted by molar-refractivity contribution is 5.72. The van der Waals surface area contributed by atoms with E-state index in [1.54, 1.807) is 0 Å². The van der Waals surface area contributed by atoms with E-state index in [1.807, 2.05) is 31.3 Å². The Hall–Kier alpha value is -1.42. The van der Waals surface area contributed by atoms with Crippen LogP contribution in [0.1, 0.15) is 51.3 Å². The molecule has 1 heterocycles. The molecule has 1 aliphatic carbocycles. The molecule has 0 amide bonds. The van der Waals surface area contributed by atoms with Gasteiger partial charge in [0.15, 0.2) is 0 Å². The predicted octanol–water partition coefficient (Wildman–Crippen LogP) is 2.85. The number of rotatable bonds is 5. The fourth-order valence-electron chi connectivity index (χ4n) is 2.89. The molecule has 3 atom stereocenters. The summed E-state index contributed by atoms with van der Waals surface area (Å²) < 4.78 is 5.14. The zero-order valence-electron chi connectivity index (χ0n) is 12.3. The summed E-state index contributed by atoms with van der Waals surface area (Å²) >= 11 is 0. The van der Waals surface area contributed by atoms with Gasteiger partial charge in [0.05, 0.1) is 18.2 Å². The maximum Gasteiger partial charge on any atom is 0.308 e. The van der Waals surface area contributed by atoms with Gasteiger partial charge in [0, 0.05) is 18.3 Å². The highest BCUT2D eigenvalue weighted by Gasteiger charge is 2.28. The Morgan fingerprint density at radius 2 is 2.35 bits per heavy atom. The molecule has 0 aliphatic heterocycles. The average Bonchev–Trinajstić information content (AvgIpc) is 2.48. The lowest BCUT2D eigenvalue weighted by Crippen LogP contribution is -2.38. The van der Waals surface area contributed by atoms with Crippen molar-refractivity contribution >= 4 is 5.97 Å². The van der Waals surface area contributed by atoms with Crippen molar-refractivity contribution in [3.63, 3.8) is 0 Å². The van der Waals surface area contributed by atoms with Crippen LogP contribution < -0.4 is 5.32 Å². The van der Waals surface area contributed by atoms with Crippen LogP contribution in [0.3, 0.4) is 0 Å². The lowest BCUT2D eigenvalue weighted by molar-refractivity contribution is -0.149. The minimum Gasteiger partial charge on any atom is -0.466 e. The SMILES string of the molecule is CCOC(=O)C1CCCC(NC(C)c2ccccn2)C1. The fourth-order valence-corrected chi connectivity index (χ4v) is 2.89. The van der Waals surface area contributed by atoms with Crippen LogP contribution >= 0.6 is 0 Å². The van der Waals surface area contributed by atoms with Gasteiger partial charge >= 0.3 is 5.97 Å². The zero-order valence-corrected chi connectivity index (χ0v) is 12.3. The average molecular weight is 276 g/mol. The van der Waals surface area contributed by atoms with Gasteiger partial charge in [0.25, 0.3) is 0 Å². The quantitative estimate of drug-likeness (QED) is 0.840. The maximum absolute atomic E-state index is 11.8. The molecular weight excluding hydrogens is 252 g/mol. The van der Waals surface area contributed by atoms with Crippen LogP contribution in [0.4, 0.5) is 0 Å². The van der Waals surface area contributed by atoms with Crippen molar-refractivity contribution in [1.29, 1.82) is 0 Å². The van der Waals surface area contributed by atoms with Crippen molar-refractivity contribution < 1.29 is 9.53 Å². The van der Waals surface area contributed by atoms with E-state index in [9.17, 15) is 4.79 Å². The molecule has 1 N–H and O–H groups in total. The lowest BCUT2D eigenvalue weighted by Gasteiger charge is -2.30. The number of aromatic nitrogens is 1. The number of esters is 1. The van der Waals surface area contributed by atoms with Gasteiger partial charge in [0.1, 0.15) is 0 Å². The number of pyridine rings is 1. The minimum absolute atomic E-state index is 0.0375. The molecule has 1 fully saturated rings. The van der Waals surface area contributed by atoms with Crippen LogP contribution in [-0.2, 0) is 9.53 Å². The number of ether oxygens (including phenoxy) is 1. The molecule has 110 valence electrons. The van der Waals surface area contributed by atoms with Gasteiger partial charge in [0.2, 0.25) is 0 Å². The molecule has 2 rings (SSSR count). The molecule has 1 aromatic heterocycles. The van der Waals surface area contributed by atoms with Gasteiger partial charge in [-0.15, -0.1) is 0 Å². The van der Waals surface area contributed by atoms with Gasteiger partial charge in [-0.1, -0.05) is 12.5 Å². The predicted molar refractivity (Wildman–Crippen MR) is 78.2 cm³/mol. The second-order valence-corrected chi connectivity index (χ2v) is 5.46. The Kier molecular flexibility index (Phi) is 5.53. The van der Waals surface area contributed by atoms with Crippen molar-refractivity contribution in [3.8, 4) is 0 Å². The molecule has 1 aromatic rings. The second kappa shape index (κ2) is 7.39. The topological polar surface area (TPSA) is 51.2 Å². The summed E-state index contributed by atoms with van der Waals surface area (Å²) in [6, 6.07) is 6.54. The van der Waals surface area contributed by atoms with Gasteiger partial charge < -0.3 is 10.1 Å². The van der Waals surface area contributed by atoms with Gasteiger partial charge in [-0.05, 0) is 45.2 Å². The van der Waals surface area contributed by atoms with Crippen LogP contribution in [0.5, 0.6) is 0 Å². The molecule has 4 heteroatoms. The molecule has 0 bridgehead atoms. The third-order valence-corrected chi connectivity index (χ3v) is 3.91. The highest BCUT2D eigenvalue weighted by Crippen LogP contribution is 2.27. The zero-order chi connectivity index (χ0) is 14.4. The lowest BCUT2D eigenvalue weighted by atomic mass is 9.85. The van der Waals surface area contributed by atoms with E-state index in [1.165, 1.54) is 0 Å². The van der Waals surface area contributed by atoms with Crippen molar-refractivity contribution in [2.24, 2.45) is 5.92 Å². The van der Waals surface area contributed by atoms with Crippen molar-refractivity contribution in [3.05, 3.63) is 30.1 Å². The van der Waals surface area contributed by atoms with Gasteiger partial charge in [-0.3, -0.25) is 9.78 Å². The number of nitrogens with zero attached hydrogens (tertiary/aromatic N) is 1. The summed E-state index contributed by atoms with van der Waals surface area (Å²) in [5.74, 6) is 0.0154. The first kappa shape index (κ1) is 15.0. The number of hydrogen-bond acceptors (Lipinski definition) is 4. The van der Waals surface area contributed by atoms with E-state index in [2.05, 4.69) is 17.2 Å². The summed E-state index contributed by atoms with van der Waals surface area (Å²) in [6.45, 7) is 4.45. The largest absolute Gasteiger partial charge is 0.466 e. The van der Waals surface area contributed by atoms with Crippen LogP contribution in [0.25, 0.3) is 0 Å². The summed E-state index contributed by atoms with van der Waals surface area (Å²) in [4.78, 5) is 16.2. The molecular formula is C16H24N2O2. The van der Waals surface area contributed by atoms with Crippen LogP contribution in [0.2, 0.25) is 0 Å². The first-order chi connectivity index (χ1) is 9.70. The number of hydrogen-bond donors (Lipinski definition) is 1. The summed E-state index contributed by atoms with van der Waals surface area (Å²) in [7, 11) is 0. The summed E-state index contributed by atoms with van der Waals surface area (Å²) in [5, 5.41) is 3.59. The van der Waals surface area contributed by atoms with Gasteiger partial charge in [-0.25, -0.2) is 0 Å². The van der Waals surface area contributed by atoms with E-state index in [-0.39, 0.29) is 17.9 Å². The van der Waals surface area contributed by atoms with E-state index in [0.29, 0.717) is 12.6 Å². The Morgan fingerprint density at radius 3 is 3.05 bits per heavy atom. The van der Waals surface area contributed by atoms with E-state index < -0.39 is 0 Å². The van der Waals surface area contributed by atoms with Crippen molar-refractivity contribution in [1.82, 2.24) is 10.3 Å². The molecule has 0 radical (unpaired) electrons. The summed E-state index contributed by atoms with van der Waals surface area (Å²) in [6.07, 6.45) is 5.84. The van der Waals surface area contributed by atoms with E-state index in [4.69, 9.17) is 4.74 Å².